The van der Waals surface area contributed by atoms with E-state index in [4.69, 9.17) is 14.2 Å². The Morgan fingerprint density at radius 3 is 2.06 bits per heavy atom. The van der Waals surface area contributed by atoms with Crippen LogP contribution in [0.5, 0.6) is 11.5 Å². The normalized spacial score (nSPS) is 11.8. The van der Waals surface area contributed by atoms with Crippen molar-refractivity contribution in [2.75, 3.05) is 31.4 Å². The Kier molecular flexibility index (Phi) is 8.52. The Morgan fingerprint density at radius 2 is 1.51 bits per heavy atom. The first-order valence-corrected chi connectivity index (χ1v) is 11.6. The molecule has 0 bridgehead atoms. The molecule has 1 unspecified atom stereocenters. The Bertz CT molecular complexity index is 1200. The standard InChI is InChI=1S/C27H32N2O6/c1-6-14-28-23-24(26(31)25(23)30)29-19(27(32)35-16(2)3)15-17-10-12-18(13-11-17)22-20(33-4)8-7-9-21(22)34-5/h7-13,16,19,28-29H,6,14-15H2,1-5H3. The van der Waals surface area contributed by atoms with Crippen LogP contribution in [0.1, 0.15) is 32.8 Å². The zero-order chi connectivity index (χ0) is 25.5. The van der Waals surface area contributed by atoms with Gasteiger partial charge in [-0.3, -0.25) is 9.59 Å². The number of rotatable bonds is 12. The summed E-state index contributed by atoms with van der Waals surface area (Å²) >= 11 is 0. The maximum absolute atomic E-state index is 12.8. The van der Waals surface area contributed by atoms with Gasteiger partial charge in [0.2, 0.25) is 0 Å². The van der Waals surface area contributed by atoms with E-state index in [0.29, 0.717) is 18.0 Å². The minimum absolute atomic E-state index is 0.129. The van der Waals surface area contributed by atoms with E-state index in [1.807, 2.05) is 49.4 Å². The van der Waals surface area contributed by atoms with Crippen LogP contribution in [0, 0.1) is 0 Å². The van der Waals surface area contributed by atoms with Gasteiger partial charge in [-0.05, 0) is 43.5 Å². The number of ether oxygens (including phenoxy) is 3. The summed E-state index contributed by atoms with van der Waals surface area (Å²) in [7, 11) is 3.21. The Labute approximate surface area is 204 Å². The molecule has 0 aliphatic carbocycles. The first kappa shape index (κ1) is 25.8. The predicted molar refractivity (Wildman–Crippen MR) is 137 cm³/mol. The third-order valence-electron chi connectivity index (χ3n) is 5.53. The SMILES string of the molecule is CCCNc1c(NC(Cc2ccc(-c3c(OC)cccc3OC)cc2)C(=O)OC(C)C)c(=O)c1=O. The van der Waals surface area contributed by atoms with E-state index in [2.05, 4.69) is 10.6 Å². The molecule has 0 fully saturated rings. The van der Waals surface area contributed by atoms with E-state index in [9.17, 15) is 14.4 Å². The number of esters is 1. The van der Waals surface area contributed by atoms with Crippen molar-refractivity contribution in [3.8, 4) is 22.6 Å². The van der Waals surface area contributed by atoms with Crippen LogP contribution in [-0.2, 0) is 16.0 Å². The number of methoxy groups -OCH3 is 2. The fourth-order valence-electron chi connectivity index (χ4n) is 3.81. The van der Waals surface area contributed by atoms with Crippen molar-refractivity contribution in [3.63, 3.8) is 0 Å². The summed E-state index contributed by atoms with van der Waals surface area (Å²) in [5.74, 6) is 0.874. The smallest absolute Gasteiger partial charge is 0.329 e. The summed E-state index contributed by atoms with van der Waals surface area (Å²) in [5, 5.41) is 5.93. The molecule has 0 heterocycles. The minimum atomic E-state index is -0.838. The maximum atomic E-state index is 12.8. The van der Waals surface area contributed by atoms with Crippen molar-refractivity contribution in [1.82, 2.24) is 0 Å². The van der Waals surface area contributed by atoms with Gasteiger partial charge in [0.05, 0.1) is 25.9 Å². The van der Waals surface area contributed by atoms with E-state index < -0.39 is 22.9 Å². The molecule has 8 nitrogen and oxygen atoms in total. The van der Waals surface area contributed by atoms with Crippen LogP contribution in [0.3, 0.4) is 0 Å². The van der Waals surface area contributed by atoms with Gasteiger partial charge in [0.1, 0.15) is 28.9 Å². The van der Waals surface area contributed by atoms with Crippen LogP contribution in [0.4, 0.5) is 11.4 Å². The monoisotopic (exact) mass is 480 g/mol. The highest BCUT2D eigenvalue weighted by atomic mass is 16.5. The molecule has 8 heteroatoms. The molecule has 0 aliphatic rings. The molecule has 0 saturated heterocycles. The summed E-state index contributed by atoms with van der Waals surface area (Å²) in [6, 6.07) is 12.4. The number of hydrogen-bond acceptors (Lipinski definition) is 8. The van der Waals surface area contributed by atoms with Gasteiger partial charge in [0.15, 0.2) is 0 Å². The Morgan fingerprint density at radius 1 is 0.914 bits per heavy atom. The van der Waals surface area contributed by atoms with E-state index in [0.717, 1.165) is 23.1 Å². The zero-order valence-electron chi connectivity index (χ0n) is 20.8. The van der Waals surface area contributed by atoms with Crippen LogP contribution in [0.25, 0.3) is 11.1 Å². The molecule has 0 aromatic heterocycles. The molecule has 0 spiro atoms. The predicted octanol–water partition coefficient (Wildman–Crippen LogP) is 3.76. The number of carbonyl (C=O) groups excluding carboxylic acids is 1. The summed E-state index contributed by atoms with van der Waals surface area (Å²) in [6.45, 7) is 6.03. The average Bonchev–Trinajstić information content (AvgIpc) is 2.86. The lowest BCUT2D eigenvalue weighted by atomic mass is 9.99. The number of hydrogen-bond donors (Lipinski definition) is 2. The first-order chi connectivity index (χ1) is 16.8. The second-order valence-electron chi connectivity index (χ2n) is 8.46. The summed E-state index contributed by atoms with van der Waals surface area (Å²) in [4.78, 5) is 37.0. The van der Waals surface area contributed by atoms with E-state index in [1.54, 1.807) is 28.1 Å². The number of nitrogens with one attached hydrogen (secondary N) is 2. The molecule has 35 heavy (non-hydrogen) atoms. The zero-order valence-corrected chi connectivity index (χ0v) is 20.8. The van der Waals surface area contributed by atoms with Gasteiger partial charge in [-0.15, -0.1) is 0 Å². The third kappa shape index (κ3) is 5.82. The molecule has 1 atom stereocenters. The van der Waals surface area contributed by atoms with Crippen LogP contribution < -0.4 is 31.0 Å². The second-order valence-corrected chi connectivity index (χ2v) is 8.46. The molecule has 3 rings (SSSR count). The number of benzene rings is 2. The lowest BCUT2D eigenvalue weighted by Crippen LogP contribution is -2.43. The highest BCUT2D eigenvalue weighted by Gasteiger charge is 2.28. The van der Waals surface area contributed by atoms with Gasteiger partial charge in [0.25, 0.3) is 10.9 Å². The summed E-state index contributed by atoms with van der Waals surface area (Å²) < 4.78 is 16.4. The fraction of sp³-hybridized carbons (Fsp3) is 0.370. The molecule has 0 aliphatic heterocycles. The molecule has 186 valence electrons. The molecule has 3 aromatic carbocycles. The van der Waals surface area contributed by atoms with Crippen LogP contribution in [-0.4, -0.2) is 38.9 Å². The topological polar surface area (TPSA) is 103 Å². The van der Waals surface area contributed by atoms with E-state index >= 15 is 0 Å². The molecule has 0 saturated carbocycles. The second kappa shape index (κ2) is 11.6. The summed E-state index contributed by atoms with van der Waals surface area (Å²) in [5.41, 5.74) is 1.71. The molecule has 0 radical (unpaired) electrons. The summed E-state index contributed by atoms with van der Waals surface area (Å²) in [6.07, 6.45) is 0.735. The van der Waals surface area contributed by atoms with Gasteiger partial charge >= 0.3 is 5.97 Å². The Balaban J connectivity index is 1.87. The van der Waals surface area contributed by atoms with Crippen molar-refractivity contribution in [3.05, 3.63) is 68.5 Å². The van der Waals surface area contributed by atoms with E-state index in [-0.39, 0.29) is 23.9 Å². The van der Waals surface area contributed by atoms with Crippen molar-refractivity contribution >= 4 is 17.3 Å². The molecular formula is C27H32N2O6. The lowest BCUT2D eigenvalue weighted by Gasteiger charge is -2.23. The highest BCUT2D eigenvalue weighted by Crippen LogP contribution is 2.38. The molecular weight excluding hydrogens is 448 g/mol. The van der Waals surface area contributed by atoms with Crippen molar-refractivity contribution < 1.29 is 19.0 Å². The minimum Gasteiger partial charge on any atom is -0.496 e. The van der Waals surface area contributed by atoms with Gasteiger partial charge in [-0.2, -0.15) is 0 Å². The van der Waals surface area contributed by atoms with Crippen molar-refractivity contribution in [2.45, 2.75) is 45.8 Å². The quantitative estimate of drug-likeness (QED) is 0.298. The Hall–Kier alpha value is -3.81. The van der Waals surface area contributed by atoms with Crippen LogP contribution in [0.15, 0.2) is 52.1 Å². The van der Waals surface area contributed by atoms with Crippen molar-refractivity contribution in [1.29, 1.82) is 0 Å². The lowest BCUT2D eigenvalue weighted by molar-refractivity contribution is -0.148. The third-order valence-corrected chi connectivity index (χ3v) is 5.53. The average molecular weight is 481 g/mol. The van der Waals surface area contributed by atoms with E-state index in [1.165, 1.54) is 0 Å². The highest BCUT2D eigenvalue weighted by molar-refractivity contribution is 5.84. The first-order valence-electron chi connectivity index (χ1n) is 11.6. The molecule has 0 amide bonds. The van der Waals surface area contributed by atoms with Gasteiger partial charge in [0, 0.05) is 13.0 Å². The van der Waals surface area contributed by atoms with Crippen molar-refractivity contribution in [2.24, 2.45) is 0 Å². The van der Waals surface area contributed by atoms with Crippen LogP contribution >= 0.6 is 0 Å². The number of anilines is 2. The van der Waals surface area contributed by atoms with Gasteiger partial charge in [-0.25, -0.2) is 4.79 Å². The van der Waals surface area contributed by atoms with Gasteiger partial charge < -0.3 is 24.8 Å². The van der Waals surface area contributed by atoms with Crippen LogP contribution in [0.2, 0.25) is 0 Å². The fourth-order valence-corrected chi connectivity index (χ4v) is 3.81. The number of carbonyl (C=O) groups is 1. The largest absolute Gasteiger partial charge is 0.496 e. The molecule has 2 N–H and O–H groups in total. The maximum Gasteiger partial charge on any atom is 0.329 e. The molecule has 3 aromatic rings. The van der Waals surface area contributed by atoms with Gasteiger partial charge in [-0.1, -0.05) is 37.3 Å².